The van der Waals surface area contributed by atoms with Gasteiger partial charge in [-0.3, -0.25) is 4.79 Å². The fourth-order valence-corrected chi connectivity index (χ4v) is 2.94. The number of rotatable bonds is 4. The minimum absolute atomic E-state index is 0.0667. The van der Waals surface area contributed by atoms with Gasteiger partial charge >= 0.3 is 0 Å². The summed E-state index contributed by atoms with van der Waals surface area (Å²) in [5.41, 5.74) is 3.11. The van der Waals surface area contributed by atoms with Gasteiger partial charge in [0.05, 0.1) is 17.7 Å². The second kappa shape index (κ2) is 7.78. The summed E-state index contributed by atoms with van der Waals surface area (Å²) in [4.78, 5) is 14.5. The molecule has 1 N–H and O–H groups in total. The second-order valence-electron chi connectivity index (χ2n) is 6.20. The molecule has 25 heavy (non-hydrogen) atoms. The summed E-state index contributed by atoms with van der Waals surface area (Å²) in [7, 11) is 0. The van der Waals surface area contributed by atoms with E-state index in [0.29, 0.717) is 11.1 Å². The topological polar surface area (TPSA) is 64.3 Å². The molecule has 0 radical (unpaired) electrons. The highest BCUT2D eigenvalue weighted by Crippen LogP contribution is 2.21. The molecular formula is C21H20N2O2. The molecule has 1 fully saturated rings. The average molecular weight is 332 g/mol. The molecule has 1 saturated heterocycles. The van der Waals surface area contributed by atoms with Gasteiger partial charge in [0.15, 0.2) is 5.78 Å². The Hall–Kier alpha value is -2.90. The molecule has 1 heterocycles. The van der Waals surface area contributed by atoms with Crippen molar-refractivity contribution in [2.24, 2.45) is 0 Å². The Balaban J connectivity index is 1.66. The molecular weight excluding hydrogens is 312 g/mol. The molecule has 0 saturated carbocycles. The molecule has 0 bridgehead atoms. The molecule has 126 valence electrons. The standard InChI is InChI=1S/C21H20N2O2/c22-15-17-3-1-2-16(14-17)4-9-21(25)18-5-7-19(8-6-18)23-12-10-20(24)11-13-23/h1-9,14,20,24H,10-13H2. The van der Waals surface area contributed by atoms with Crippen molar-refractivity contribution >= 4 is 17.5 Å². The lowest BCUT2D eigenvalue weighted by Crippen LogP contribution is -2.35. The Morgan fingerprint density at radius 1 is 1.16 bits per heavy atom. The van der Waals surface area contributed by atoms with E-state index >= 15 is 0 Å². The van der Waals surface area contributed by atoms with E-state index in [1.165, 1.54) is 6.08 Å². The van der Waals surface area contributed by atoms with Crippen LogP contribution in [0, 0.1) is 11.3 Å². The number of hydrogen-bond acceptors (Lipinski definition) is 4. The first-order chi connectivity index (χ1) is 12.2. The number of carbonyl (C=O) groups excluding carboxylic acids is 1. The van der Waals surface area contributed by atoms with Gasteiger partial charge in [-0.2, -0.15) is 5.26 Å². The van der Waals surface area contributed by atoms with Crippen molar-refractivity contribution in [3.63, 3.8) is 0 Å². The molecule has 3 rings (SSSR count). The molecule has 2 aromatic carbocycles. The third kappa shape index (κ3) is 4.34. The molecule has 1 aliphatic rings. The quantitative estimate of drug-likeness (QED) is 0.688. The second-order valence-corrected chi connectivity index (χ2v) is 6.20. The summed E-state index contributed by atoms with van der Waals surface area (Å²) in [6.45, 7) is 1.67. The maximum absolute atomic E-state index is 12.3. The zero-order valence-electron chi connectivity index (χ0n) is 13.9. The van der Waals surface area contributed by atoms with Gasteiger partial charge in [0.2, 0.25) is 0 Å². The molecule has 0 amide bonds. The molecule has 0 unspecified atom stereocenters. The fraction of sp³-hybridized carbons (Fsp3) is 0.238. The Morgan fingerprint density at radius 3 is 2.56 bits per heavy atom. The highest BCUT2D eigenvalue weighted by Gasteiger charge is 2.17. The van der Waals surface area contributed by atoms with Crippen LogP contribution in [0.5, 0.6) is 0 Å². The molecule has 0 spiro atoms. The van der Waals surface area contributed by atoms with E-state index < -0.39 is 0 Å². The number of allylic oxidation sites excluding steroid dienone is 1. The van der Waals surface area contributed by atoms with Crippen molar-refractivity contribution in [2.45, 2.75) is 18.9 Å². The first kappa shape index (κ1) is 16.9. The third-order valence-electron chi connectivity index (χ3n) is 4.42. The van der Waals surface area contributed by atoms with Crippen molar-refractivity contribution < 1.29 is 9.90 Å². The predicted molar refractivity (Wildman–Crippen MR) is 98.4 cm³/mol. The van der Waals surface area contributed by atoms with Gasteiger partial charge < -0.3 is 10.0 Å². The zero-order chi connectivity index (χ0) is 17.6. The van der Waals surface area contributed by atoms with Crippen LogP contribution in [-0.2, 0) is 0 Å². The van der Waals surface area contributed by atoms with E-state index in [9.17, 15) is 9.90 Å². The Kier molecular flexibility index (Phi) is 5.27. The van der Waals surface area contributed by atoms with Gasteiger partial charge in [0.25, 0.3) is 0 Å². The fourth-order valence-electron chi connectivity index (χ4n) is 2.94. The van der Waals surface area contributed by atoms with E-state index in [2.05, 4.69) is 11.0 Å². The molecule has 2 aromatic rings. The number of carbonyl (C=O) groups is 1. The van der Waals surface area contributed by atoms with Crippen LogP contribution in [0.15, 0.2) is 54.6 Å². The average Bonchev–Trinajstić information content (AvgIpc) is 2.67. The summed E-state index contributed by atoms with van der Waals surface area (Å²) in [5.74, 6) is -0.0667. The van der Waals surface area contributed by atoms with Crippen molar-refractivity contribution in [2.75, 3.05) is 18.0 Å². The molecule has 0 aliphatic carbocycles. The maximum atomic E-state index is 12.3. The summed E-state index contributed by atoms with van der Waals surface area (Å²) in [5, 5.41) is 18.5. The van der Waals surface area contributed by atoms with Gasteiger partial charge in [-0.15, -0.1) is 0 Å². The number of aliphatic hydroxyl groups excluding tert-OH is 1. The lowest BCUT2D eigenvalue weighted by molar-refractivity contribution is 0.104. The number of anilines is 1. The summed E-state index contributed by atoms with van der Waals surface area (Å²) in [6, 6.07) is 16.8. The smallest absolute Gasteiger partial charge is 0.185 e. The number of ketones is 1. The molecule has 4 nitrogen and oxygen atoms in total. The normalized spacial score (nSPS) is 15.3. The number of benzene rings is 2. The first-order valence-electron chi connectivity index (χ1n) is 8.41. The van der Waals surface area contributed by atoms with Gasteiger partial charge in [0.1, 0.15) is 0 Å². The summed E-state index contributed by atoms with van der Waals surface area (Å²) in [6.07, 6.45) is 4.63. The monoisotopic (exact) mass is 332 g/mol. The Morgan fingerprint density at radius 2 is 1.88 bits per heavy atom. The van der Waals surface area contributed by atoms with E-state index in [1.54, 1.807) is 24.3 Å². The van der Waals surface area contributed by atoms with Gasteiger partial charge in [-0.05, 0) is 60.9 Å². The lowest BCUT2D eigenvalue weighted by Gasteiger charge is -2.31. The number of piperidine rings is 1. The van der Waals surface area contributed by atoms with Crippen LogP contribution in [-0.4, -0.2) is 30.1 Å². The predicted octanol–water partition coefficient (Wildman–Crippen LogP) is 3.42. The van der Waals surface area contributed by atoms with Crippen molar-refractivity contribution in [1.82, 2.24) is 0 Å². The highest BCUT2D eigenvalue weighted by atomic mass is 16.3. The van der Waals surface area contributed by atoms with Crippen LogP contribution in [0.25, 0.3) is 6.08 Å². The van der Waals surface area contributed by atoms with E-state index in [0.717, 1.165) is 37.2 Å². The minimum Gasteiger partial charge on any atom is -0.393 e. The number of nitrogens with zero attached hydrogens (tertiary/aromatic N) is 2. The third-order valence-corrected chi connectivity index (χ3v) is 4.42. The van der Waals surface area contributed by atoms with Crippen molar-refractivity contribution in [3.8, 4) is 6.07 Å². The minimum atomic E-state index is -0.193. The van der Waals surface area contributed by atoms with Crippen LogP contribution < -0.4 is 4.90 Å². The molecule has 4 heteroatoms. The van der Waals surface area contributed by atoms with Gasteiger partial charge in [0, 0.05) is 24.3 Å². The van der Waals surface area contributed by atoms with Gasteiger partial charge in [-0.25, -0.2) is 0 Å². The van der Waals surface area contributed by atoms with E-state index in [4.69, 9.17) is 5.26 Å². The Labute approximate surface area is 147 Å². The maximum Gasteiger partial charge on any atom is 0.185 e. The molecule has 1 aliphatic heterocycles. The summed E-state index contributed by atoms with van der Waals surface area (Å²) >= 11 is 0. The van der Waals surface area contributed by atoms with Crippen LogP contribution in [0.1, 0.15) is 34.3 Å². The van der Waals surface area contributed by atoms with Gasteiger partial charge in [-0.1, -0.05) is 18.2 Å². The number of hydrogen-bond donors (Lipinski definition) is 1. The summed E-state index contributed by atoms with van der Waals surface area (Å²) < 4.78 is 0. The van der Waals surface area contributed by atoms with Crippen LogP contribution >= 0.6 is 0 Å². The SMILES string of the molecule is N#Cc1cccc(C=CC(=O)c2ccc(N3CCC(O)CC3)cc2)c1. The van der Waals surface area contributed by atoms with E-state index in [1.807, 2.05) is 30.3 Å². The van der Waals surface area contributed by atoms with Crippen molar-refractivity contribution in [1.29, 1.82) is 5.26 Å². The van der Waals surface area contributed by atoms with E-state index in [-0.39, 0.29) is 11.9 Å². The highest BCUT2D eigenvalue weighted by molar-refractivity contribution is 6.07. The zero-order valence-corrected chi connectivity index (χ0v) is 13.9. The number of nitriles is 1. The first-order valence-corrected chi connectivity index (χ1v) is 8.41. The Bertz CT molecular complexity index is 811. The van der Waals surface area contributed by atoms with Crippen LogP contribution in [0.3, 0.4) is 0 Å². The van der Waals surface area contributed by atoms with Crippen molar-refractivity contribution in [3.05, 3.63) is 71.3 Å². The van der Waals surface area contributed by atoms with Crippen LogP contribution in [0.4, 0.5) is 5.69 Å². The van der Waals surface area contributed by atoms with Crippen LogP contribution in [0.2, 0.25) is 0 Å². The molecule has 0 aromatic heterocycles. The molecule has 0 atom stereocenters. The number of aliphatic hydroxyl groups is 1. The largest absolute Gasteiger partial charge is 0.393 e. The lowest BCUT2D eigenvalue weighted by atomic mass is 10.1.